The number of carbonyl (C=O) groups excluding carboxylic acids is 1. The molecule has 3 aromatic carbocycles. The molecular weight excluding hydrogens is 462 g/mol. The van der Waals surface area contributed by atoms with Gasteiger partial charge in [-0.15, -0.1) is 0 Å². The minimum Gasteiger partial charge on any atom is -0.497 e. The van der Waals surface area contributed by atoms with E-state index in [-0.39, 0.29) is 5.91 Å². The molecule has 0 fully saturated rings. The number of hydrogen-bond acceptors (Lipinski definition) is 4. The second-order valence-corrected chi connectivity index (χ2v) is 8.85. The normalized spacial score (nSPS) is 11.0. The van der Waals surface area contributed by atoms with Crippen LogP contribution >= 0.6 is 11.6 Å². The van der Waals surface area contributed by atoms with Gasteiger partial charge in [0.15, 0.2) is 0 Å². The van der Waals surface area contributed by atoms with Crippen molar-refractivity contribution in [2.75, 3.05) is 20.3 Å². The number of methoxy groups -OCH3 is 1. The van der Waals surface area contributed by atoms with Crippen LogP contribution in [0, 0.1) is 13.8 Å². The molecular formula is C28H30ClN3O3. The maximum absolute atomic E-state index is 12.4. The van der Waals surface area contributed by atoms with Crippen LogP contribution in [0.4, 0.5) is 0 Å². The van der Waals surface area contributed by atoms with Gasteiger partial charge in [0.25, 0.3) is 5.91 Å². The molecule has 6 nitrogen and oxygen atoms in total. The number of para-hydroxylation sites is 2. The molecule has 0 atom stereocenters. The maximum Gasteiger partial charge on any atom is 0.251 e. The Morgan fingerprint density at radius 1 is 1.03 bits per heavy atom. The third-order valence-corrected chi connectivity index (χ3v) is 6.54. The first-order valence-electron chi connectivity index (χ1n) is 11.7. The van der Waals surface area contributed by atoms with Crippen LogP contribution in [0.5, 0.6) is 11.5 Å². The van der Waals surface area contributed by atoms with Gasteiger partial charge in [0, 0.05) is 23.6 Å². The lowest BCUT2D eigenvalue weighted by Crippen LogP contribution is -2.25. The predicted octanol–water partition coefficient (Wildman–Crippen LogP) is 5.76. The number of benzene rings is 3. The first kappa shape index (κ1) is 24.6. The molecule has 1 N–H and O–H groups in total. The standard InChI is InChI=1S/C28H30ClN3O3/c1-19-17-23(18-20(2)27(19)29)35-16-15-32-25-8-5-4-7-24(25)31-26(32)9-6-14-30-28(33)21-10-12-22(34-3)13-11-21/h4-5,7-8,10-13,17-18H,6,9,14-16H2,1-3H3,(H,30,33). The van der Waals surface area contributed by atoms with E-state index < -0.39 is 0 Å². The van der Waals surface area contributed by atoms with Gasteiger partial charge in [-0.25, -0.2) is 4.98 Å². The summed E-state index contributed by atoms with van der Waals surface area (Å²) in [5, 5.41) is 3.76. The van der Waals surface area contributed by atoms with E-state index >= 15 is 0 Å². The summed E-state index contributed by atoms with van der Waals surface area (Å²) < 4.78 is 13.4. The zero-order valence-electron chi connectivity index (χ0n) is 20.3. The summed E-state index contributed by atoms with van der Waals surface area (Å²) in [7, 11) is 1.61. The second-order valence-electron chi connectivity index (χ2n) is 8.48. The first-order valence-corrected chi connectivity index (χ1v) is 12.1. The van der Waals surface area contributed by atoms with Gasteiger partial charge in [0.2, 0.25) is 0 Å². The first-order chi connectivity index (χ1) is 17.0. The van der Waals surface area contributed by atoms with Crippen LogP contribution in [0.3, 0.4) is 0 Å². The molecule has 0 aliphatic carbocycles. The number of ether oxygens (including phenoxy) is 2. The Balaban J connectivity index is 1.36. The second kappa shape index (κ2) is 11.3. The van der Waals surface area contributed by atoms with Crippen molar-refractivity contribution in [3.63, 3.8) is 0 Å². The molecule has 4 aromatic rings. The highest BCUT2D eigenvalue weighted by Gasteiger charge is 2.12. The lowest BCUT2D eigenvalue weighted by molar-refractivity contribution is 0.0953. The van der Waals surface area contributed by atoms with Gasteiger partial charge in [-0.2, -0.15) is 0 Å². The van der Waals surface area contributed by atoms with Gasteiger partial charge < -0.3 is 19.4 Å². The van der Waals surface area contributed by atoms with Crippen LogP contribution in [0.25, 0.3) is 11.0 Å². The maximum atomic E-state index is 12.4. The van der Waals surface area contributed by atoms with E-state index in [1.54, 1.807) is 31.4 Å². The molecule has 1 heterocycles. The fourth-order valence-corrected chi connectivity index (χ4v) is 4.21. The van der Waals surface area contributed by atoms with Crippen LogP contribution in [-0.4, -0.2) is 35.7 Å². The molecule has 0 unspecified atom stereocenters. The fourth-order valence-electron chi connectivity index (χ4n) is 4.10. The lowest BCUT2D eigenvalue weighted by Gasteiger charge is -2.13. The molecule has 0 saturated carbocycles. The number of rotatable bonds is 10. The highest BCUT2D eigenvalue weighted by Crippen LogP contribution is 2.26. The smallest absolute Gasteiger partial charge is 0.251 e. The Morgan fingerprint density at radius 3 is 2.46 bits per heavy atom. The molecule has 7 heteroatoms. The van der Waals surface area contributed by atoms with Gasteiger partial charge in [0.1, 0.15) is 23.9 Å². The van der Waals surface area contributed by atoms with Gasteiger partial charge >= 0.3 is 0 Å². The molecule has 0 saturated heterocycles. The predicted molar refractivity (Wildman–Crippen MR) is 140 cm³/mol. The SMILES string of the molecule is COc1ccc(C(=O)NCCCc2nc3ccccc3n2CCOc2cc(C)c(Cl)c(C)c2)cc1. The molecule has 1 aromatic heterocycles. The fraction of sp³-hybridized carbons (Fsp3) is 0.286. The zero-order valence-corrected chi connectivity index (χ0v) is 21.1. The molecule has 182 valence electrons. The average molecular weight is 492 g/mol. The van der Waals surface area contributed by atoms with Gasteiger partial charge in [-0.1, -0.05) is 23.7 Å². The van der Waals surface area contributed by atoms with Crippen molar-refractivity contribution in [3.8, 4) is 11.5 Å². The summed E-state index contributed by atoms with van der Waals surface area (Å²) >= 11 is 6.28. The molecule has 1 amide bonds. The van der Waals surface area contributed by atoms with Gasteiger partial charge in [-0.05, 0) is 79.9 Å². The van der Waals surface area contributed by atoms with E-state index in [0.717, 1.165) is 57.3 Å². The Labute approximate surface area is 210 Å². The van der Waals surface area contributed by atoms with E-state index in [2.05, 4.69) is 16.0 Å². The molecule has 0 aliphatic heterocycles. The monoisotopic (exact) mass is 491 g/mol. The lowest BCUT2D eigenvalue weighted by atomic mass is 10.1. The number of imidazole rings is 1. The highest BCUT2D eigenvalue weighted by molar-refractivity contribution is 6.32. The van der Waals surface area contributed by atoms with Crippen molar-refractivity contribution in [2.45, 2.75) is 33.2 Å². The van der Waals surface area contributed by atoms with E-state index in [1.165, 1.54) is 0 Å². The number of amides is 1. The number of hydrogen-bond donors (Lipinski definition) is 1. The zero-order chi connectivity index (χ0) is 24.8. The Morgan fingerprint density at radius 2 is 1.74 bits per heavy atom. The summed E-state index contributed by atoms with van der Waals surface area (Å²) in [6.07, 6.45) is 1.53. The average Bonchev–Trinajstić information content (AvgIpc) is 3.22. The third-order valence-electron chi connectivity index (χ3n) is 5.94. The van der Waals surface area contributed by atoms with Crippen LogP contribution < -0.4 is 14.8 Å². The summed E-state index contributed by atoms with van der Waals surface area (Å²) in [5.41, 5.74) is 4.67. The van der Waals surface area contributed by atoms with Crippen LogP contribution in [-0.2, 0) is 13.0 Å². The number of halogens is 1. The number of aromatic nitrogens is 2. The van der Waals surface area contributed by atoms with Crippen molar-refractivity contribution < 1.29 is 14.3 Å². The van der Waals surface area contributed by atoms with Crippen molar-refractivity contribution in [1.82, 2.24) is 14.9 Å². The quantitative estimate of drug-likeness (QED) is 0.286. The van der Waals surface area contributed by atoms with E-state index in [4.69, 9.17) is 26.1 Å². The molecule has 0 aliphatic rings. The summed E-state index contributed by atoms with van der Waals surface area (Å²) in [6, 6.07) is 19.1. The molecule has 35 heavy (non-hydrogen) atoms. The van der Waals surface area contributed by atoms with Crippen molar-refractivity contribution in [3.05, 3.63) is 88.2 Å². The largest absolute Gasteiger partial charge is 0.497 e. The molecule has 4 rings (SSSR count). The minimum atomic E-state index is -0.0943. The van der Waals surface area contributed by atoms with Crippen LogP contribution in [0.1, 0.15) is 33.7 Å². The molecule has 0 radical (unpaired) electrons. The highest BCUT2D eigenvalue weighted by atomic mass is 35.5. The van der Waals surface area contributed by atoms with E-state index in [0.29, 0.717) is 25.3 Å². The van der Waals surface area contributed by atoms with Crippen LogP contribution in [0.2, 0.25) is 5.02 Å². The van der Waals surface area contributed by atoms with Gasteiger partial charge in [0.05, 0.1) is 24.7 Å². The van der Waals surface area contributed by atoms with Crippen molar-refractivity contribution in [2.24, 2.45) is 0 Å². The number of nitrogens with zero attached hydrogens (tertiary/aromatic N) is 2. The van der Waals surface area contributed by atoms with Crippen molar-refractivity contribution >= 4 is 28.5 Å². The van der Waals surface area contributed by atoms with Gasteiger partial charge in [-0.3, -0.25) is 4.79 Å². The number of carbonyl (C=O) groups is 1. The molecule has 0 bridgehead atoms. The number of aryl methyl sites for hydroxylation is 3. The summed E-state index contributed by atoms with van der Waals surface area (Å²) in [4.78, 5) is 17.2. The van der Waals surface area contributed by atoms with E-state index in [9.17, 15) is 4.79 Å². The topological polar surface area (TPSA) is 65.4 Å². The third kappa shape index (κ3) is 5.95. The Bertz CT molecular complexity index is 1290. The number of nitrogens with one attached hydrogen (secondary N) is 1. The minimum absolute atomic E-state index is 0.0943. The van der Waals surface area contributed by atoms with E-state index in [1.807, 2.05) is 44.2 Å². The number of fused-ring (bicyclic) bond motifs is 1. The molecule has 0 spiro atoms. The summed E-state index contributed by atoms with van der Waals surface area (Å²) in [6.45, 7) is 5.72. The summed E-state index contributed by atoms with van der Waals surface area (Å²) in [5.74, 6) is 2.43. The van der Waals surface area contributed by atoms with Crippen molar-refractivity contribution in [1.29, 1.82) is 0 Å². The Hall–Kier alpha value is -3.51. The Kier molecular flexibility index (Phi) is 7.93. The van der Waals surface area contributed by atoms with Crippen LogP contribution in [0.15, 0.2) is 60.7 Å².